The molecule has 0 fully saturated rings. The van der Waals surface area contributed by atoms with E-state index in [-0.39, 0.29) is 5.06 Å². The van der Waals surface area contributed by atoms with E-state index in [2.05, 4.69) is 4.99 Å². The van der Waals surface area contributed by atoms with E-state index in [0.717, 1.165) is 16.8 Å². The highest BCUT2D eigenvalue weighted by Crippen LogP contribution is 2.34. The van der Waals surface area contributed by atoms with Crippen LogP contribution in [-0.2, 0) is 0 Å². The first kappa shape index (κ1) is 8.22. The number of nitrogens with two attached hydrogens (primary N) is 1. The number of aryl methyl sites for hydroxylation is 1. The molecule has 1 aliphatic rings. The van der Waals surface area contributed by atoms with E-state index < -0.39 is 0 Å². The number of fused-ring (bicyclic) bond motifs is 1. The summed E-state index contributed by atoms with van der Waals surface area (Å²) in [6, 6.07) is 1.82. The standard InChI is InChI=1S/C9H11N3O/c1-5-3-7(10)6(2)8-9(5)12(13)4-11-8/h3-4,12H,10H2,1-2H3. The molecule has 13 heavy (non-hydrogen) atoms. The molecular formula is C9H11N3O. The summed E-state index contributed by atoms with van der Waals surface area (Å²) in [5.74, 6) is 0. The summed E-state index contributed by atoms with van der Waals surface area (Å²) in [6.45, 7) is 3.75. The Morgan fingerprint density at radius 2 is 2.15 bits per heavy atom. The highest BCUT2D eigenvalue weighted by atomic mass is 16.5. The van der Waals surface area contributed by atoms with Crippen molar-refractivity contribution in [2.75, 3.05) is 5.73 Å². The average molecular weight is 177 g/mol. The molecule has 1 aliphatic heterocycles. The second kappa shape index (κ2) is 2.55. The predicted octanol–water partition coefficient (Wildman–Crippen LogP) is 0.573. The van der Waals surface area contributed by atoms with E-state index in [1.807, 2.05) is 19.9 Å². The topological polar surface area (TPSA) is 65.9 Å². The fraction of sp³-hybridized carbons (Fsp3) is 0.222. The molecule has 4 heteroatoms. The van der Waals surface area contributed by atoms with Gasteiger partial charge in [0.2, 0.25) is 0 Å². The van der Waals surface area contributed by atoms with Crippen molar-refractivity contribution in [3.05, 3.63) is 22.4 Å². The number of anilines is 1. The third-order valence-electron chi connectivity index (χ3n) is 2.35. The van der Waals surface area contributed by atoms with Gasteiger partial charge in [0.25, 0.3) is 0 Å². The van der Waals surface area contributed by atoms with Crippen molar-refractivity contribution in [3.8, 4) is 0 Å². The van der Waals surface area contributed by atoms with Crippen molar-refractivity contribution in [1.82, 2.24) is 0 Å². The summed E-state index contributed by atoms with van der Waals surface area (Å²) < 4.78 is 0. The van der Waals surface area contributed by atoms with Crippen molar-refractivity contribution in [3.63, 3.8) is 0 Å². The van der Waals surface area contributed by atoms with Gasteiger partial charge in [-0.2, -0.15) is 4.99 Å². The van der Waals surface area contributed by atoms with E-state index >= 15 is 0 Å². The van der Waals surface area contributed by atoms with E-state index in [4.69, 9.17) is 5.73 Å². The lowest BCUT2D eigenvalue weighted by Crippen LogP contribution is -2.99. The van der Waals surface area contributed by atoms with E-state index in [9.17, 15) is 5.21 Å². The number of rotatable bonds is 0. The maximum Gasteiger partial charge on any atom is 0.194 e. The second-order valence-electron chi connectivity index (χ2n) is 3.25. The number of quaternary nitrogens is 1. The van der Waals surface area contributed by atoms with Crippen LogP contribution < -0.4 is 10.8 Å². The number of hydroxylamine groups is 1. The Kier molecular flexibility index (Phi) is 1.61. The summed E-state index contributed by atoms with van der Waals surface area (Å²) >= 11 is 0. The van der Waals surface area contributed by atoms with Crippen LogP contribution >= 0.6 is 0 Å². The van der Waals surface area contributed by atoms with Gasteiger partial charge in [-0.1, -0.05) is 0 Å². The van der Waals surface area contributed by atoms with Crippen LogP contribution in [0.2, 0.25) is 0 Å². The smallest absolute Gasteiger partial charge is 0.194 e. The van der Waals surface area contributed by atoms with Gasteiger partial charge in [-0.15, -0.1) is 0 Å². The molecule has 1 atom stereocenters. The Morgan fingerprint density at radius 3 is 2.85 bits per heavy atom. The fourth-order valence-electron chi connectivity index (χ4n) is 1.58. The van der Waals surface area contributed by atoms with Crippen molar-refractivity contribution >= 4 is 23.4 Å². The minimum atomic E-state index is -0.0180. The summed E-state index contributed by atoms with van der Waals surface area (Å²) in [6.07, 6.45) is 1.35. The highest BCUT2D eigenvalue weighted by molar-refractivity contribution is 5.81. The van der Waals surface area contributed by atoms with Crippen LogP contribution in [0.15, 0.2) is 11.1 Å². The van der Waals surface area contributed by atoms with E-state index in [1.165, 1.54) is 6.34 Å². The van der Waals surface area contributed by atoms with Crippen LogP contribution in [-0.4, -0.2) is 6.34 Å². The maximum atomic E-state index is 11.4. The van der Waals surface area contributed by atoms with Crippen molar-refractivity contribution in [1.29, 1.82) is 0 Å². The fourth-order valence-corrected chi connectivity index (χ4v) is 1.58. The lowest BCUT2D eigenvalue weighted by atomic mass is 10.1. The van der Waals surface area contributed by atoms with Gasteiger partial charge in [0.05, 0.1) is 0 Å². The van der Waals surface area contributed by atoms with Gasteiger partial charge in [0.15, 0.2) is 12.0 Å². The number of nitrogen functional groups attached to an aromatic ring is 1. The molecule has 1 unspecified atom stereocenters. The number of benzene rings is 1. The van der Waals surface area contributed by atoms with Crippen LogP contribution in [0.4, 0.5) is 17.1 Å². The zero-order chi connectivity index (χ0) is 9.59. The SMILES string of the molecule is Cc1cc(N)c(C)c2c1[NH+]([O-])C=N2. The summed E-state index contributed by atoms with van der Waals surface area (Å²) in [5.41, 5.74) is 9.69. The van der Waals surface area contributed by atoms with Crippen LogP contribution in [0.5, 0.6) is 0 Å². The number of aliphatic imine (C=N–C) groups is 1. The lowest BCUT2D eigenvalue weighted by Gasteiger charge is -2.15. The predicted molar refractivity (Wildman–Crippen MR) is 52.5 cm³/mol. The van der Waals surface area contributed by atoms with Crippen LogP contribution in [0.1, 0.15) is 11.1 Å². The number of hydrogen-bond acceptors (Lipinski definition) is 3. The normalized spacial score (nSPS) is 19.2. The monoisotopic (exact) mass is 177 g/mol. The second-order valence-corrected chi connectivity index (χ2v) is 3.25. The first-order valence-electron chi connectivity index (χ1n) is 4.09. The molecular weight excluding hydrogens is 166 g/mol. The van der Waals surface area contributed by atoms with Crippen molar-refractivity contribution in [2.45, 2.75) is 13.8 Å². The van der Waals surface area contributed by atoms with Crippen LogP contribution in [0.25, 0.3) is 0 Å². The first-order valence-corrected chi connectivity index (χ1v) is 4.09. The molecule has 1 heterocycles. The molecule has 0 amide bonds. The van der Waals surface area contributed by atoms with Gasteiger partial charge in [-0.3, -0.25) is 5.06 Å². The molecule has 0 aliphatic carbocycles. The lowest BCUT2D eigenvalue weighted by molar-refractivity contribution is -0.655. The Labute approximate surface area is 76.3 Å². The van der Waals surface area contributed by atoms with Gasteiger partial charge in [-0.05, 0) is 19.9 Å². The molecule has 0 saturated carbocycles. The Balaban J connectivity index is 2.75. The Hall–Kier alpha value is -1.39. The number of nitrogens with zero attached hydrogens (tertiary/aromatic N) is 1. The number of nitrogens with one attached hydrogen (secondary N) is 1. The molecule has 3 N–H and O–H groups in total. The minimum Gasteiger partial charge on any atom is -0.623 e. The molecule has 1 aromatic carbocycles. The third-order valence-corrected chi connectivity index (χ3v) is 2.35. The zero-order valence-corrected chi connectivity index (χ0v) is 7.59. The molecule has 68 valence electrons. The third kappa shape index (κ3) is 1.03. The van der Waals surface area contributed by atoms with Gasteiger partial charge in [0, 0.05) is 16.8 Å². The van der Waals surface area contributed by atoms with Gasteiger partial charge >= 0.3 is 0 Å². The van der Waals surface area contributed by atoms with Gasteiger partial charge < -0.3 is 10.9 Å². The van der Waals surface area contributed by atoms with Gasteiger partial charge in [0.1, 0.15) is 5.69 Å². The molecule has 1 aromatic rings. The Bertz CT molecular complexity index is 398. The zero-order valence-electron chi connectivity index (χ0n) is 7.59. The van der Waals surface area contributed by atoms with Crippen LogP contribution in [0.3, 0.4) is 0 Å². The largest absolute Gasteiger partial charge is 0.623 e. The molecule has 0 radical (unpaired) electrons. The molecule has 0 aromatic heterocycles. The summed E-state index contributed by atoms with van der Waals surface area (Å²) in [5, 5.41) is 11.3. The molecule has 0 bridgehead atoms. The highest BCUT2D eigenvalue weighted by Gasteiger charge is 2.21. The first-order chi connectivity index (χ1) is 6.11. The van der Waals surface area contributed by atoms with Crippen molar-refractivity contribution < 1.29 is 5.06 Å². The maximum absolute atomic E-state index is 11.4. The quantitative estimate of drug-likeness (QED) is 0.449. The average Bonchev–Trinajstić information content (AvgIpc) is 2.44. The molecule has 0 saturated heterocycles. The van der Waals surface area contributed by atoms with Gasteiger partial charge in [-0.25, -0.2) is 0 Å². The summed E-state index contributed by atoms with van der Waals surface area (Å²) in [4.78, 5) is 4.05. The summed E-state index contributed by atoms with van der Waals surface area (Å²) in [7, 11) is 0. The van der Waals surface area contributed by atoms with Crippen LogP contribution in [0, 0.1) is 19.1 Å². The van der Waals surface area contributed by atoms with Crippen molar-refractivity contribution in [2.24, 2.45) is 4.99 Å². The molecule has 2 rings (SSSR count). The van der Waals surface area contributed by atoms with E-state index in [0.29, 0.717) is 11.4 Å². The number of hydrogen-bond donors (Lipinski definition) is 2. The molecule has 0 spiro atoms. The molecule has 4 nitrogen and oxygen atoms in total. The van der Waals surface area contributed by atoms with E-state index in [1.54, 1.807) is 0 Å². The Morgan fingerprint density at radius 1 is 1.46 bits per heavy atom. The minimum absolute atomic E-state index is 0.0180.